The number of esters is 1. The Bertz CT molecular complexity index is 5180. The van der Waals surface area contributed by atoms with E-state index in [-0.39, 0.29) is 118 Å². The maximum Gasteiger partial charge on any atom is 0.407 e. The molecule has 35 heteroatoms. The number of allylic oxidation sites excluding steroid dienone is 6. The number of benzene rings is 2. The minimum Gasteiger partial charge on any atom is -0.460 e. The Hall–Kier alpha value is -11.3. The number of carbonyl (C=O) groups is 8. The largest absolute Gasteiger partial charge is 0.460 e. The van der Waals surface area contributed by atoms with Crippen molar-refractivity contribution in [2.24, 2.45) is 29.6 Å². The molecule has 11 atom stereocenters. The van der Waals surface area contributed by atoms with Gasteiger partial charge in [-0.2, -0.15) is 10.1 Å². The number of anilines is 4. The number of cyclic esters (lactones) is 1. The summed E-state index contributed by atoms with van der Waals surface area (Å²) < 4.78 is 54.6. The van der Waals surface area contributed by atoms with Gasteiger partial charge in [0.05, 0.1) is 75.8 Å². The van der Waals surface area contributed by atoms with Crippen LogP contribution < -0.4 is 31.9 Å². The number of ether oxygens (including phenoxy) is 8. The zero-order valence-electron chi connectivity index (χ0n) is 75.8. The van der Waals surface area contributed by atoms with Gasteiger partial charge in [0.1, 0.15) is 65.7 Å². The van der Waals surface area contributed by atoms with Crippen LogP contribution in [0.25, 0.3) is 33.4 Å². The molecule has 35 nitrogen and oxygen atoms in total. The number of aliphatic hydroxyl groups excluding tert-OH is 1. The molecule has 0 radical (unpaired) electrons. The quantitative estimate of drug-likeness (QED) is 0.0146. The van der Waals surface area contributed by atoms with Crippen molar-refractivity contribution in [2.75, 3.05) is 121 Å². The van der Waals surface area contributed by atoms with Crippen molar-refractivity contribution in [1.82, 2.24) is 65.1 Å². The van der Waals surface area contributed by atoms with Crippen LogP contribution in [0.1, 0.15) is 170 Å². The fraction of sp³-hybridized carbons (Fsp3) is 0.558. The third-order valence-corrected chi connectivity index (χ3v) is 25.6. The lowest BCUT2D eigenvalue weighted by atomic mass is 9.83. The number of nitrogen functional groups attached to an aromatic ring is 2. The highest BCUT2D eigenvalue weighted by Crippen LogP contribution is 2.37. The first kappa shape index (κ1) is 96.2. The Kier molecular flexibility index (Phi) is 34.4. The van der Waals surface area contributed by atoms with Crippen molar-refractivity contribution >= 4 is 93.0 Å². The van der Waals surface area contributed by atoms with Crippen LogP contribution in [0, 0.1) is 29.6 Å². The molecule has 1 aliphatic carbocycles. The molecule has 0 spiro atoms. The molecule has 4 fully saturated rings. The minimum atomic E-state index is -1.34. The summed E-state index contributed by atoms with van der Waals surface area (Å²) in [5.74, 6) is -3.00. The predicted molar refractivity (Wildman–Crippen MR) is 484 cm³/mol. The van der Waals surface area contributed by atoms with Gasteiger partial charge in [-0.15, -0.1) is 0 Å². The number of aromatic nitrogens is 9. The lowest BCUT2D eigenvalue weighted by Gasteiger charge is -2.38. The minimum absolute atomic E-state index is 0.0109. The second kappa shape index (κ2) is 46.5. The van der Waals surface area contributed by atoms with E-state index in [9.17, 15) is 43.5 Å². The number of hydrogen-bond donors (Lipinski definition) is 5. The fourth-order valence-corrected chi connectivity index (χ4v) is 18.0. The molecule has 1 saturated carbocycles. The van der Waals surface area contributed by atoms with E-state index >= 15 is 0 Å². The molecule has 2 unspecified atom stereocenters. The summed E-state index contributed by atoms with van der Waals surface area (Å²) in [6.07, 6.45) is 21.1. The van der Waals surface area contributed by atoms with Gasteiger partial charge in [0, 0.05) is 134 Å². The smallest absolute Gasteiger partial charge is 0.407 e. The highest BCUT2D eigenvalue weighted by molar-refractivity contribution is 6.38. The summed E-state index contributed by atoms with van der Waals surface area (Å²) in [6.45, 7) is 17.4. The van der Waals surface area contributed by atoms with Crippen molar-refractivity contribution in [3.63, 3.8) is 0 Å². The van der Waals surface area contributed by atoms with Gasteiger partial charge in [0.15, 0.2) is 17.0 Å². The Morgan fingerprint density at radius 1 is 0.700 bits per heavy atom. The monoisotopic (exact) mass is 1790 g/mol. The third kappa shape index (κ3) is 25.7. The summed E-state index contributed by atoms with van der Waals surface area (Å²) in [6, 6.07) is 10.8. The van der Waals surface area contributed by atoms with E-state index in [2.05, 4.69) is 62.6 Å². The van der Waals surface area contributed by atoms with Crippen LogP contribution in [-0.2, 0) is 92.7 Å². The number of hydrogen-bond acceptors (Lipinski definition) is 30. The standard InChI is InChI=1S/C95H125N17O18/c1-58-14-10-9-11-15-59(2)78(122-7)49-73-24-17-60(3)85(127-73)84(117)90(119)111-32-13-12-16-75(111)91(120)128-72(48-76(113)61(4)45-63(6)83(116)86(123-8)82(115)62(5)44-58)27-21-64-19-25-71(26-20-64)129-95(121)103-52-66-50-99-93(100-51-66)108-34-36-109(37-35-108)94-101-53-70(54-102-94)89(118)98-31-39-125-41-43-126-42-40-124-38-30-79(114)110-33-29-67-46-65(18-22-69(67)56-110)55-112-88-80(87(96)104-57-105-88)81(107-112)68-23-28-77-74(47-68)106-92(97)130-77/h9-11,14-15,18,22-23,28,45-47,50-51,53-54,57-58,60-62,64,71-73,75,78,83,85-86,116H,12-13,16-17,19-21,24-27,29-44,48-49,52,55-56H2,1-8H3,(H2,97,106)(H,98,118)(H,103,121)(H2,96,104,105)/b11-9+,14-10+,59-15+,63-45+/t58-,60-,61-,62-,64-,71-,72-,73?,75+,78+,83-,85?,86+/m1/s1. The number of alkyl carbamates (subject to hydrolysis) is 1. The molecular formula is C95H125N17O18. The average Bonchev–Trinajstić information content (AvgIpc) is 1.60. The van der Waals surface area contributed by atoms with Crippen LogP contribution in [0.3, 0.4) is 0 Å². The number of Topliss-reactive ketones (excluding diaryl/α,β-unsaturated/α-hetero) is 3. The topological polar surface area (TPSA) is 441 Å². The molecule has 10 heterocycles. The molecule has 5 aromatic heterocycles. The molecule has 698 valence electrons. The molecule has 130 heavy (non-hydrogen) atoms. The maximum atomic E-state index is 14.6. The first-order valence-corrected chi connectivity index (χ1v) is 45.7. The van der Waals surface area contributed by atoms with E-state index in [1.807, 2.05) is 90.8 Å². The zero-order valence-corrected chi connectivity index (χ0v) is 75.8. The van der Waals surface area contributed by atoms with Gasteiger partial charge in [-0.1, -0.05) is 82.4 Å². The van der Waals surface area contributed by atoms with Gasteiger partial charge < -0.3 is 89.1 Å². The van der Waals surface area contributed by atoms with Crippen molar-refractivity contribution in [1.29, 1.82) is 0 Å². The number of methoxy groups -OCH3 is 2. The van der Waals surface area contributed by atoms with Gasteiger partial charge in [0.2, 0.25) is 23.6 Å². The summed E-state index contributed by atoms with van der Waals surface area (Å²) >= 11 is 0. The van der Waals surface area contributed by atoms with E-state index in [1.165, 1.54) is 36.3 Å². The number of rotatable bonds is 26. The maximum absolute atomic E-state index is 14.6. The molecular weight excluding hydrogens is 1670 g/mol. The number of nitrogens with one attached hydrogen (secondary N) is 2. The molecule has 6 aliphatic rings. The Balaban J connectivity index is 0.491. The summed E-state index contributed by atoms with van der Waals surface area (Å²) in [5.41, 5.74) is 21.0. The van der Waals surface area contributed by atoms with Gasteiger partial charge >= 0.3 is 12.1 Å². The second-order valence-corrected chi connectivity index (χ2v) is 35.1. The number of amides is 4. The summed E-state index contributed by atoms with van der Waals surface area (Å²) in [5, 5.41) is 22.9. The molecule has 7 N–H and O–H groups in total. The van der Waals surface area contributed by atoms with E-state index in [1.54, 1.807) is 45.5 Å². The molecule has 3 saturated heterocycles. The number of piperidine rings is 1. The van der Waals surface area contributed by atoms with Gasteiger partial charge in [-0.05, 0) is 161 Å². The SMILES string of the molecule is CO[C@H]1CC2CC[C@@H](C)C(O2)C(=O)C(=O)N2CCCC[C@H]2C(=O)O[C@H](CC[C@H]2CC[C@H](OC(=O)NCc3cnc(N4CCN(c5ncc(C(=O)NCCOCCOCCOCCC(=O)N6CCc7cc(Cn8nc(-c9ccc%10oc(N)nc%10c9)c9c(N)ncnc98)ccc7C6)cn5)CC4)nc3)CC2)CC(=O)[C@H](C)/C=C(\C)[C@@H](O)[C@@H](OC)C(=O)[C@H](C)C[C@H](C)/C=C/C=C/C=C/1C. The third-order valence-electron chi connectivity index (χ3n) is 25.6. The summed E-state index contributed by atoms with van der Waals surface area (Å²) in [4.78, 5) is 150. The second-order valence-electron chi connectivity index (χ2n) is 35.1. The van der Waals surface area contributed by atoms with E-state index in [4.69, 9.17) is 58.9 Å². The van der Waals surface area contributed by atoms with Crippen molar-refractivity contribution < 1.29 is 85.8 Å². The van der Waals surface area contributed by atoms with Crippen LogP contribution in [0.4, 0.5) is 28.5 Å². The average molecular weight is 1790 g/mol. The number of ketones is 3. The van der Waals surface area contributed by atoms with Crippen molar-refractivity contribution in [3.8, 4) is 11.3 Å². The highest BCUT2D eigenvalue weighted by atomic mass is 16.6. The first-order valence-electron chi connectivity index (χ1n) is 45.7. The number of nitrogens with zero attached hydrogens (tertiary/aromatic N) is 13. The molecule has 2 bridgehead atoms. The van der Waals surface area contributed by atoms with Crippen LogP contribution >= 0.6 is 0 Å². The van der Waals surface area contributed by atoms with Crippen LogP contribution in [0.15, 0.2) is 120 Å². The van der Waals surface area contributed by atoms with Crippen LogP contribution in [0.5, 0.6) is 0 Å². The summed E-state index contributed by atoms with van der Waals surface area (Å²) in [7, 11) is 3.01. The lowest BCUT2D eigenvalue weighted by Crippen LogP contribution is -2.55. The molecule has 5 aliphatic heterocycles. The Labute approximate surface area is 757 Å². The molecule has 4 amide bonds. The lowest BCUT2D eigenvalue weighted by molar-refractivity contribution is -0.169. The number of nitrogens with two attached hydrogens (primary N) is 2. The van der Waals surface area contributed by atoms with Crippen LogP contribution in [-0.4, -0.2) is 255 Å². The van der Waals surface area contributed by atoms with Gasteiger partial charge in [0.25, 0.3) is 17.8 Å². The van der Waals surface area contributed by atoms with E-state index in [0.29, 0.717) is 218 Å². The van der Waals surface area contributed by atoms with Crippen molar-refractivity contribution in [2.45, 2.75) is 213 Å². The van der Waals surface area contributed by atoms with E-state index < -0.39 is 66.0 Å². The van der Waals surface area contributed by atoms with Gasteiger partial charge in [-0.3, -0.25) is 28.8 Å². The number of fused-ring (bicyclic) bond motifs is 6. The van der Waals surface area contributed by atoms with E-state index in [0.717, 1.165) is 22.3 Å². The normalized spacial score (nSPS) is 25.9. The Morgan fingerprint density at radius 2 is 1.42 bits per heavy atom. The highest BCUT2D eigenvalue weighted by Gasteiger charge is 2.44. The predicted octanol–water partition coefficient (Wildman–Crippen LogP) is 9.75. The number of oxazole rings is 1. The van der Waals surface area contributed by atoms with Crippen LogP contribution in [0.2, 0.25) is 0 Å². The fourth-order valence-electron chi connectivity index (χ4n) is 18.0. The number of aliphatic hydroxyl groups is 1. The molecule has 7 aromatic rings. The zero-order chi connectivity index (χ0) is 91.9. The molecule has 13 rings (SSSR count). The van der Waals surface area contributed by atoms with Gasteiger partial charge in [-0.25, -0.2) is 44.2 Å². The Morgan fingerprint density at radius 3 is 2.15 bits per heavy atom. The number of carbonyl (C=O) groups excluding carboxylic acids is 8. The van der Waals surface area contributed by atoms with Crippen molar-refractivity contribution in [3.05, 3.63) is 143 Å². The first-order chi connectivity index (χ1) is 62.8. The molecule has 2 aromatic carbocycles. The number of piperazine rings is 1.